The Morgan fingerprint density at radius 2 is 2.14 bits per heavy atom. The Hall–Kier alpha value is -1.34. The van der Waals surface area contributed by atoms with E-state index in [1.54, 1.807) is 0 Å². The summed E-state index contributed by atoms with van der Waals surface area (Å²) in [6.07, 6.45) is 4.63. The van der Waals surface area contributed by atoms with Crippen molar-refractivity contribution in [3.8, 4) is 0 Å². The van der Waals surface area contributed by atoms with E-state index in [0.29, 0.717) is 6.42 Å². The van der Waals surface area contributed by atoms with Gasteiger partial charge >= 0.3 is 0 Å². The molecule has 0 unspecified atom stereocenters. The van der Waals surface area contributed by atoms with Gasteiger partial charge in [0.1, 0.15) is 0 Å². The number of benzene rings is 1. The first-order valence-corrected chi connectivity index (χ1v) is 4.76. The summed E-state index contributed by atoms with van der Waals surface area (Å²) in [7, 11) is 0. The first kappa shape index (κ1) is 10.7. The molecule has 1 N–H and O–H groups in total. The Labute approximate surface area is 85.4 Å². The van der Waals surface area contributed by atoms with Crippen molar-refractivity contribution in [2.24, 2.45) is 0 Å². The van der Waals surface area contributed by atoms with E-state index in [1.807, 2.05) is 24.3 Å². The fourth-order valence-electron chi connectivity index (χ4n) is 1.21. The highest BCUT2D eigenvalue weighted by atomic mass is 16.2. The first-order chi connectivity index (χ1) is 6.74. The summed E-state index contributed by atoms with van der Waals surface area (Å²) in [6, 6.07) is 8.18. The zero-order valence-corrected chi connectivity index (χ0v) is 8.53. The van der Waals surface area contributed by atoms with E-state index in [-0.39, 0.29) is 6.61 Å². The molecule has 0 aliphatic rings. The van der Waals surface area contributed by atoms with Crippen LogP contribution < -0.4 is 0 Å². The summed E-state index contributed by atoms with van der Waals surface area (Å²) < 4.78 is 0. The second-order valence-electron chi connectivity index (χ2n) is 3.32. The highest BCUT2D eigenvalue weighted by Crippen LogP contribution is 2.10. The molecule has 0 saturated heterocycles. The predicted octanol–water partition coefficient (Wildman–Crippen LogP) is 2.95. The molecule has 1 aromatic carbocycles. The first-order valence-electron chi connectivity index (χ1n) is 4.76. The fraction of sp³-hybridized carbons (Fsp3) is 0.231. The van der Waals surface area contributed by atoms with Crippen LogP contribution in [0.1, 0.15) is 17.5 Å². The molecule has 0 aliphatic carbocycles. The minimum Gasteiger partial charge on any atom is -0.396 e. The van der Waals surface area contributed by atoms with Crippen molar-refractivity contribution < 1.29 is 5.11 Å². The summed E-state index contributed by atoms with van der Waals surface area (Å²) in [5.74, 6) is 0. The standard InChI is InChI=1S/C13H16O/c1-11(9-10-14)7-8-13-6-4-3-5-12(13)2/h3-8,14H,1,9-10H2,2H3/b8-7+. The Bertz CT molecular complexity index is 337. The van der Waals surface area contributed by atoms with Crippen LogP contribution in [0.25, 0.3) is 6.08 Å². The molecule has 0 amide bonds. The van der Waals surface area contributed by atoms with Crippen LogP contribution in [0.2, 0.25) is 0 Å². The minimum atomic E-state index is 0.164. The average molecular weight is 188 g/mol. The van der Waals surface area contributed by atoms with E-state index in [0.717, 1.165) is 5.57 Å². The number of aliphatic hydroxyl groups excluding tert-OH is 1. The Morgan fingerprint density at radius 3 is 2.79 bits per heavy atom. The number of rotatable bonds is 4. The van der Waals surface area contributed by atoms with E-state index >= 15 is 0 Å². The summed E-state index contributed by atoms with van der Waals surface area (Å²) >= 11 is 0. The second-order valence-corrected chi connectivity index (χ2v) is 3.32. The van der Waals surface area contributed by atoms with Gasteiger partial charge in [-0.25, -0.2) is 0 Å². The van der Waals surface area contributed by atoms with Crippen LogP contribution in [0.3, 0.4) is 0 Å². The smallest absolute Gasteiger partial charge is 0.0471 e. The summed E-state index contributed by atoms with van der Waals surface area (Å²) in [4.78, 5) is 0. The van der Waals surface area contributed by atoms with E-state index in [2.05, 4.69) is 25.6 Å². The van der Waals surface area contributed by atoms with Gasteiger partial charge in [0.15, 0.2) is 0 Å². The third kappa shape index (κ3) is 3.19. The van der Waals surface area contributed by atoms with Gasteiger partial charge in [0.05, 0.1) is 0 Å². The summed E-state index contributed by atoms with van der Waals surface area (Å²) in [5, 5.41) is 8.69. The van der Waals surface area contributed by atoms with Crippen molar-refractivity contribution in [3.63, 3.8) is 0 Å². The van der Waals surface area contributed by atoms with Gasteiger partial charge in [-0.15, -0.1) is 0 Å². The molecule has 74 valence electrons. The second kappa shape index (κ2) is 5.40. The van der Waals surface area contributed by atoms with Crippen molar-refractivity contribution in [1.82, 2.24) is 0 Å². The molecule has 0 bridgehead atoms. The minimum absolute atomic E-state index is 0.164. The van der Waals surface area contributed by atoms with Crippen LogP contribution in [0.5, 0.6) is 0 Å². The largest absolute Gasteiger partial charge is 0.396 e. The van der Waals surface area contributed by atoms with E-state index in [4.69, 9.17) is 5.11 Å². The van der Waals surface area contributed by atoms with Crippen LogP contribution in [0.15, 0.2) is 42.5 Å². The quantitative estimate of drug-likeness (QED) is 0.720. The molecule has 0 aliphatic heterocycles. The molecule has 0 radical (unpaired) electrons. The maximum absolute atomic E-state index is 8.69. The van der Waals surface area contributed by atoms with Gasteiger partial charge in [-0.1, -0.05) is 48.6 Å². The lowest BCUT2D eigenvalue weighted by atomic mass is 10.1. The Kier molecular flexibility index (Phi) is 4.14. The highest BCUT2D eigenvalue weighted by molar-refractivity contribution is 5.55. The fourth-order valence-corrected chi connectivity index (χ4v) is 1.21. The van der Waals surface area contributed by atoms with Crippen LogP contribution in [-0.2, 0) is 0 Å². The van der Waals surface area contributed by atoms with Gasteiger partial charge < -0.3 is 5.11 Å². The van der Waals surface area contributed by atoms with Gasteiger partial charge in [-0.05, 0) is 24.5 Å². The average Bonchev–Trinajstić information content (AvgIpc) is 2.17. The lowest BCUT2D eigenvalue weighted by molar-refractivity contribution is 0.300. The lowest BCUT2D eigenvalue weighted by Crippen LogP contribution is -1.83. The van der Waals surface area contributed by atoms with Gasteiger partial charge in [0, 0.05) is 6.61 Å². The molecule has 1 rings (SSSR count). The van der Waals surface area contributed by atoms with Crippen molar-refractivity contribution in [2.45, 2.75) is 13.3 Å². The van der Waals surface area contributed by atoms with Crippen molar-refractivity contribution in [2.75, 3.05) is 6.61 Å². The van der Waals surface area contributed by atoms with Gasteiger partial charge in [-0.3, -0.25) is 0 Å². The van der Waals surface area contributed by atoms with Gasteiger partial charge in [0.25, 0.3) is 0 Å². The van der Waals surface area contributed by atoms with Crippen LogP contribution >= 0.6 is 0 Å². The maximum atomic E-state index is 8.69. The van der Waals surface area contributed by atoms with Crippen LogP contribution in [0.4, 0.5) is 0 Å². The Morgan fingerprint density at radius 1 is 1.43 bits per heavy atom. The molecule has 0 heterocycles. The number of hydrogen-bond acceptors (Lipinski definition) is 1. The van der Waals surface area contributed by atoms with Gasteiger partial charge in [0.2, 0.25) is 0 Å². The Balaban J connectivity index is 2.69. The molecule has 0 spiro atoms. The molecule has 1 nitrogen and oxygen atoms in total. The SMILES string of the molecule is C=C(/C=C/c1ccccc1C)CCO. The monoisotopic (exact) mass is 188 g/mol. The highest BCUT2D eigenvalue weighted by Gasteiger charge is 1.91. The molecular formula is C13H16O. The predicted molar refractivity (Wildman–Crippen MR) is 61.1 cm³/mol. The summed E-state index contributed by atoms with van der Waals surface area (Å²) in [5.41, 5.74) is 3.41. The molecule has 0 atom stereocenters. The third-order valence-corrected chi connectivity index (χ3v) is 2.12. The van der Waals surface area contributed by atoms with Crippen LogP contribution in [0, 0.1) is 6.92 Å². The van der Waals surface area contributed by atoms with E-state index in [1.165, 1.54) is 11.1 Å². The third-order valence-electron chi connectivity index (χ3n) is 2.12. The summed E-state index contributed by atoms with van der Waals surface area (Å²) in [6.45, 7) is 6.08. The maximum Gasteiger partial charge on any atom is 0.0471 e. The van der Waals surface area contributed by atoms with E-state index in [9.17, 15) is 0 Å². The number of aliphatic hydroxyl groups is 1. The molecule has 0 saturated carbocycles. The van der Waals surface area contributed by atoms with Crippen LogP contribution in [-0.4, -0.2) is 11.7 Å². The molecule has 0 fully saturated rings. The lowest BCUT2D eigenvalue weighted by Gasteiger charge is -1.99. The van der Waals surface area contributed by atoms with Gasteiger partial charge in [-0.2, -0.15) is 0 Å². The van der Waals surface area contributed by atoms with Crippen molar-refractivity contribution in [3.05, 3.63) is 53.6 Å². The number of hydrogen-bond donors (Lipinski definition) is 1. The molecule has 1 aromatic rings. The zero-order chi connectivity index (χ0) is 10.4. The zero-order valence-electron chi connectivity index (χ0n) is 8.53. The van der Waals surface area contributed by atoms with E-state index < -0.39 is 0 Å². The molecule has 0 aromatic heterocycles. The number of allylic oxidation sites excluding steroid dienone is 1. The normalized spacial score (nSPS) is 10.7. The number of aryl methyl sites for hydroxylation is 1. The molecule has 14 heavy (non-hydrogen) atoms. The van der Waals surface area contributed by atoms with Crippen molar-refractivity contribution in [1.29, 1.82) is 0 Å². The molecular weight excluding hydrogens is 172 g/mol. The molecule has 1 heteroatoms. The van der Waals surface area contributed by atoms with Crippen molar-refractivity contribution >= 4 is 6.08 Å². The topological polar surface area (TPSA) is 20.2 Å².